The molecule has 1 aromatic heterocycles. The minimum Gasteiger partial charge on any atom is -0.497 e. The minimum absolute atomic E-state index is 0.0431. The van der Waals surface area contributed by atoms with Crippen LogP contribution in [0.5, 0.6) is 5.75 Å². The van der Waals surface area contributed by atoms with Crippen molar-refractivity contribution in [1.82, 2.24) is 15.4 Å². The number of carbonyl (C=O) groups is 1. The second-order valence-corrected chi connectivity index (χ2v) is 6.10. The first-order valence-electron chi connectivity index (χ1n) is 8.20. The maximum atomic E-state index is 12.6. The highest BCUT2D eigenvalue weighted by atomic mass is 16.5. The Kier molecular flexibility index (Phi) is 4.74. The molecule has 1 fully saturated rings. The first kappa shape index (κ1) is 16.4. The number of rotatable bonds is 4. The van der Waals surface area contributed by atoms with Crippen LogP contribution in [0.4, 0.5) is 4.79 Å². The van der Waals surface area contributed by atoms with Gasteiger partial charge in [0.2, 0.25) is 0 Å². The predicted molar refractivity (Wildman–Crippen MR) is 89.9 cm³/mol. The number of aromatic nitrogens is 1. The molecule has 0 unspecified atom stereocenters. The number of methoxy groups -OCH3 is 1. The Balaban J connectivity index is 1.68. The fraction of sp³-hybridized carbons (Fsp3) is 0.444. The van der Waals surface area contributed by atoms with Gasteiger partial charge in [-0.1, -0.05) is 17.3 Å². The maximum absolute atomic E-state index is 12.6. The second kappa shape index (κ2) is 6.95. The zero-order valence-electron chi connectivity index (χ0n) is 14.3. The van der Waals surface area contributed by atoms with Crippen LogP contribution in [0.15, 0.2) is 28.8 Å². The summed E-state index contributed by atoms with van der Waals surface area (Å²) in [4.78, 5) is 14.5. The van der Waals surface area contributed by atoms with Crippen LogP contribution in [0.25, 0.3) is 0 Å². The van der Waals surface area contributed by atoms with Crippen LogP contribution in [0.2, 0.25) is 0 Å². The molecule has 1 aromatic carbocycles. The van der Waals surface area contributed by atoms with Gasteiger partial charge >= 0.3 is 6.03 Å². The molecule has 0 spiro atoms. The number of nitrogens with zero attached hydrogens (tertiary/aromatic N) is 2. The predicted octanol–water partition coefficient (Wildman–Crippen LogP) is 3.35. The molecule has 3 rings (SSSR count). The van der Waals surface area contributed by atoms with Crippen molar-refractivity contribution in [1.29, 1.82) is 0 Å². The summed E-state index contributed by atoms with van der Waals surface area (Å²) in [6.45, 7) is 5.05. The summed E-state index contributed by atoms with van der Waals surface area (Å²) in [7, 11) is 1.64. The Morgan fingerprint density at radius 3 is 3.00 bits per heavy atom. The van der Waals surface area contributed by atoms with Crippen molar-refractivity contribution in [3.05, 3.63) is 46.8 Å². The standard InChI is InChI=1S/C18H23N3O3/c1-12-17(13(2)24-20-12)16-8-5-9-21(16)18(22)19-11-14-6-4-7-15(10-14)23-3/h4,6-7,10,16H,5,8-9,11H2,1-3H3,(H,19,22)/t16-/m1/s1. The van der Waals surface area contributed by atoms with Crippen molar-refractivity contribution in [2.24, 2.45) is 0 Å². The van der Waals surface area contributed by atoms with E-state index in [1.165, 1.54) is 0 Å². The number of carbonyl (C=O) groups excluding carboxylic acids is 1. The fourth-order valence-corrected chi connectivity index (χ4v) is 3.34. The SMILES string of the molecule is COc1cccc(CNC(=O)N2CCC[C@@H]2c2c(C)noc2C)c1. The maximum Gasteiger partial charge on any atom is 0.318 e. The van der Waals surface area contributed by atoms with E-state index in [4.69, 9.17) is 9.26 Å². The van der Waals surface area contributed by atoms with Crippen molar-refractivity contribution in [3.63, 3.8) is 0 Å². The topological polar surface area (TPSA) is 67.6 Å². The highest BCUT2D eigenvalue weighted by Gasteiger charge is 2.33. The number of nitrogens with one attached hydrogen (secondary N) is 1. The van der Waals surface area contributed by atoms with Gasteiger partial charge in [-0.3, -0.25) is 0 Å². The van der Waals surface area contributed by atoms with Gasteiger partial charge in [-0.15, -0.1) is 0 Å². The molecule has 0 aliphatic carbocycles. The van der Waals surface area contributed by atoms with Crippen LogP contribution in [-0.4, -0.2) is 29.7 Å². The Morgan fingerprint density at radius 2 is 2.29 bits per heavy atom. The van der Waals surface area contributed by atoms with Gasteiger partial charge in [-0.25, -0.2) is 4.79 Å². The van der Waals surface area contributed by atoms with E-state index >= 15 is 0 Å². The van der Waals surface area contributed by atoms with Crippen LogP contribution >= 0.6 is 0 Å². The summed E-state index contributed by atoms with van der Waals surface area (Å²) in [5.41, 5.74) is 2.92. The summed E-state index contributed by atoms with van der Waals surface area (Å²) in [5, 5.41) is 7.02. The third kappa shape index (κ3) is 3.22. The van der Waals surface area contributed by atoms with Gasteiger partial charge in [0.1, 0.15) is 11.5 Å². The van der Waals surface area contributed by atoms with Gasteiger partial charge < -0.3 is 19.5 Å². The third-order valence-electron chi connectivity index (χ3n) is 4.51. The van der Waals surface area contributed by atoms with Crippen molar-refractivity contribution in [3.8, 4) is 5.75 Å². The minimum atomic E-state index is -0.0553. The molecule has 1 atom stereocenters. The Morgan fingerprint density at radius 1 is 1.46 bits per heavy atom. The van der Waals surface area contributed by atoms with E-state index in [1.54, 1.807) is 7.11 Å². The summed E-state index contributed by atoms with van der Waals surface area (Å²) in [6, 6.07) is 7.69. The summed E-state index contributed by atoms with van der Waals surface area (Å²) in [6.07, 6.45) is 1.93. The van der Waals surface area contributed by atoms with E-state index in [9.17, 15) is 4.79 Å². The number of ether oxygens (including phenoxy) is 1. The normalized spacial score (nSPS) is 17.1. The molecule has 0 bridgehead atoms. The van der Waals surface area contributed by atoms with E-state index in [0.29, 0.717) is 6.54 Å². The lowest BCUT2D eigenvalue weighted by atomic mass is 10.0. The number of likely N-dealkylation sites (tertiary alicyclic amines) is 1. The van der Waals surface area contributed by atoms with Crippen molar-refractivity contribution >= 4 is 6.03 Å². The van der Waals surface area contributed by atoms with Crippen LogP contribution < -0.4 is 10.1 Å². The van der Waals surface area contributed by atoms with Gasteiger partial charge in [-0.2, -0.15) is 0 Å². The summed E-state index contributed by atoms with van der Waals surface area (Å²) < 4.78 is 10.5. The molecule has 0 saturated carbocycles. The van der Waals surface area contributed by atoms with Gasteiger partial charge in [0, 0.05) is 18.7 Å². The number of hydrogen-bond acceptors (Lipinski definition) is 4. The Bertz CT molecular complexity index is 707. The molecular formula is C18H23N3O3. The lowest BCUT2D eigenvalue weighted by Gasteiger charge is -2.25. The first-order valence-corrected chi connectivity index (χ1v) is 8.20. The molecule has 1 aliphatic rings. The van der Waals surface area contributed by atoms with E-state index in [0.717, 1.165) is 47.7 Å². The molecule has 0 radical (unpaired) electrons. The molecule has 2 amide bonds. The molecule has 6 heteroatoms. The number of amides is 2. The van der Waals surface area contributed by atoms with Gasteiger partial charge in [0.25, 0.3) is 0 Å². The zero-order chi connectivity index (χ0) is 17.1. The molecular weight excluding hydrogens is 306 g/mol. The molecule has 1 N–H and O–H groups in total. The van der Waals surface area contributed by atoms with Gasteiger partial charge in [-0.05, 0) is 44.4 Å². The van der Waals surface area contributed by atoms with Crippen molar-refractivity contribution in [2.75, 3.05) is 13.7 Å². The number of urea groups is 1. The Hall–Kier alpha value is -2.50. The molecule has 128 valence electrons. The van der Waals surface area contributed by atoms with E-state index < -0.39 is 0 Å². The molecule has 1 aliphatic heterocycles. The number of hydrogen-bond donors (Lipinski definition) is 1. The summed E-state index contributed by atoms with van der Waals surface area (Å²) in [5.74, 6) is 1.58. The molecule has 1 saturated heterocycles. The third-order valence-corrected chi connectivity index (χ3v) is 4.51. The van der Waals surface area contributed by atoms with E-state index in [-0.39, 0.29) is 12.1 Å². The largest absolute Gasteiger partial charge is 0.497 e. The van der Waals surface area contributed by atoms with Crippen LogP contribution in [0.1, 0.15) is 41.5 Å². The quantitative estimate of drug-likeness (QED) is 0.934. The van der Waals surface area contributed by atoms with Crippen LogP contribution in [0.3, 0.4) is 0 Å². The van der Waals surface area contributed by atoms with Crippen molar-refractivity contribution < 1.29 is 14.1 Å². The Labute approximate surface area is 141 Å². The monoisotopic (exact) mass is 329 g/mol. The summed E-state index contributed by atoms with van der Waals surface area (Å²) >= 11 is 0. The van der Waals surface area contributed by atoms with Gasteiger partial charge in [0.15, 0.2) is 0 Å². The number of benzene rings is 1. The lowest BCUT2D eigenvalue weighted by molar-refractivity contribution is 0.192. The molecule has 24 heavy (non-hydrogen) atoms. The van der Waals surface area contributed by atoms with E-state index in [1.807, 2.05) is 43.0 Å². The van der Waals surface area contributed by atoms with Gasteiger partial charge in [0.05, 0.1) is 18.8 Å². The highest BCUT2D eigenvalue weighted by Crippen LogP contribution is 2.35. The average Bonchev–Trinajstić information content (AvgIpc) is 3.19. The average molecular weight is 329 g/mol. The smallest absolute Gasteiger partial charge is 0.318 e. The highest BCUT2D eigenvalue weighted by molar-refractivity contribution is 5.75. The van der Waals surface area contributed by atoms with E-state index in [2.05, 4.69) is 10.5 Å². The van der Waals surface area contributed by atoms with Crippen LogP contribution in [-0.2, 0) is 6.54 Å². The molecule has 2 heterocycles. The first-order chi connectivity index (χ1) is 11.6. The number of aryl methyl sites for hydroxylation is 2. The molecule has 6 nitrogen and oxygen atoms in total. The van der Waals surface area contributed by atoms with Crippen molar-refractivity contribution in [2.45, 2.75) is 39.3 Å². The zero-order valence-corrected chi connectivity index (χ0v) is 14.3. The van der Waals surface area contributed by atoms with Crippen LogP contribution in [0, 0.1) is 13.8 Å². The fourth-order valence-electron chi connectivity index (χ4n) is 3.34. The lowest BCUT2D eigenvalue weighted by Crippen LogP contribution is -2.39. The second-order valence-electron chi connectivity index (χ2n) is 6.10. The molecule has 2 aromatic rings.